The molecule has 1 saturated heterocycles. The third-order valence-electron chi connectivity index (χ3n) is 4.58. The molecule has 2 aliphatic rings. The quantitative estimate of drug-likeness (QED) is 0.875. The summed E-state index contributed by atoms with van der Waals surface area (Å²) in [7, 11) is -1.13. The maximum absolute atomic E-state index is 12.2. The predicted octanol–water partition coefficient (Wildman–Crippen LogP) is 1.44. The molecule has 2 heterocycles. The van der Waals surface area contributed by atoms with Crippen LogP contribution in [0.1, 0.15) is 11.1 Å². The van der Waals surface area contributed by atoms with E-state index in [0.717, 1.165) is 22.0 Å². The first-order valence-corrected chi connectivity index (χ1v) is 10.6. The van der Waals surface area contributed by atoms with E-state index in [4.69, 9.17) is 0 Å². The summed E-state index contributed by atoms with van der Waals surface area (Å²) in [5.41, 5.74) is 3.02. The zero-order chi connectivity index (χ0) is 17.5. The molecule has 1 aromatic rings. The highest BCUT2D eigenvalue weighted by Gasteiger charge is 2.45. The lowest BCUT2D eigenvalue weighted by atomic mass is 10.1. The Bertz CT molecular complexity index is 805. The van der Waals surface area contributed by atoms with E-state index >= 15 is 0 Å². The van der Waals surface area contributed by atoms with Gasteiger partial charge >= 0.3 is 0 Å². The number of likely N-dealkylation sites (N-methyl/N-ethyl adjacent to an activating group) is 1. The van der Waals surface area contributed by atoms with Gasteiger partial charge in [0.05, 0.1) is 29.3 Å². The number of nitrogens with zero attached hydrogens (tertiary/aromatic N) is 2. The van der Waals surface area contributed by atoms with Crippen LogP contribution in [-0.2, 0) is 14.6 Å². The molecule has 2 atom stereocenters. The molecule has 6 nitrogen and oxygen atoms in total. The van der Waals surface area contributed by atoms with Gasteiger partial charge in [0.1, 0.15) is 0 Å². The van der Waals surface area contributed by atoms with E-state index in [0.29, 0.717) is 0 Å². The first kappa shape index (κ1) is 17.3. The van der Waals surface area contributed by atoms with Gasteiger partial charge in [-0.3, -0.25) is 9.79 Å². The summed E-state index contributed by atoms with van der Waals surface area (Å²) in [5, 5.41) is 3.67. The fourth-order valence-electron chi connectivity index (χ4n) is 3.02. The number of hydrogen-bond donors (Lipinski definition) is 1. The maximum atomic E-state index is 12.2. The minimum atomic E-state index is -2.98. The van der Waals surface area contributed by atoms with Crippen molar-refractivity contribution in [2.75, 3.05) is 29.6 Å². The molecule has 0 aromatic heterocycles. The number of aliphatic imine (C=N–C) groups is 1. The smallest absolute Gasteiger partial charge is 0.234 e. The van der Waals surface area contributed by atoms with Crippen LogP contribution in [0.5, 0.6) is 0 Å². The number of carbonyl (C=O) groups is 1. The predicted molar refractivity (Wildman–Crippen MR) is 98.4 cm³/mol. The molecule has 1 fully saturated rings. The first-order valence-electron chi connectivity index (χ1n) is 7.77. The Kier molecular flexibility index (Phi) is 4.61. The van der Waals surface area contributed by atoms with Crippen molar-refractivity contribution in [3.05, 3.63) is 29.3 Å². The van der Waals surface area contributed by atoms with Gasteiger partial charge in [0.25, 0.3) is 0 Å². The van der Waals surface area contributed by atoms with Gasteiger partial charge in [-0.25, -0.2) is 8.42 Å². The molecule has 0 aliphatic carbocycles. The Labute approximate surface area is 146 Å². The lowest BCUT2D eigenvalue weighted by molar-refractivity contribution is -0.113. The van der Waals surface area contributed by atoms with Crippen LogP contribution in [0.4, 0.5) is 5.69 Å². The Balaban J connectivity index is 1.58. The molecular weight excluding hydrogens is 346 g/mol. The van der Waals surface area contributed by atoms with E-state index in [1.807, 2.05) is 44.0 Å². The van der Waals surface area contributed by atoms with E-state index in [1.165, 1.54) is 11.8 Å². The number of hydrogen-bond acceptors (Lipinski definition) is 6. The minimum Gasteiger partial charge on any atom is -0.348 e. The van der Waals surface area contributed by atoms with E-state index in [-0.39, 0.29) is 35.2 Å². The van der Waals surface area contributed by atoms with Gasteiger partial charge in [0, 0.05) is 12.7 Å². The van der Waals surface area contributed by atoms with E-state index in [2.05, 4.69) is 10.3 Å². The standard InChI is InChI=1S/C16H21N3O3S2/c1-10-5-4-6-12(11(10)2)17-15(20)7-23-16-18-13-8-24(21,22)9-14(13)19(16)3/h4-6,13-14H,7-9H2,1-3H3,(H,17,20). The molecule has 0 saturated carbocycles. The van der Waals surface area contributed by atoms with Gasteiger partial charge in [-0.15, -0.1) is 0 Å². The number of thioether (sulfide) groups is 1. The van der Waals surface area contributed by atoms with Crippen LogP contribution >= 0.6 is 11.8 Å². The van der Waals surface area contributed by atoms with Crippen molar-refractivity contribution in [1.29, 1.82) is 0 Å². The fourth-order valence-corrected chi connectivity index (χ4v) is 5.82. The topological polar surface area (TPSA) is 78.8 Å². The Morgan fingerprint density at radius 3 is 2.83 bits per heavy atom. The summed E-state index contributed by atoms with van der Waals surface area (Å²) >= 11 is 1.36. The molecule has 24 heavy (non-hydrogen) atoms. The monoisotopic (exact) mass is 367 g/mol. The fraction of sp³-hybridized carbons (Fsp3) is 0.500. The van der Waals surface area contributed by atoms with Gasteiger partial charge in [0.2, 0.25) is 5.91 Å². The van der Waals surface area contributed by atoms with Crippen LogP contribution < -0.4 is 5.32 Å². The molecular formula is C16H21N3O3S2. The average Bonchev–Trinajstić information content (AvgIpc) is 2.95. The Hall–Kier alpha value is -1.54. The number of carbonyl (C=O) groups excluding carboxylic acids is 1. The molecule has 1 N–H and O–H groups in total. The summed E-state index contributed by atoms with van der Waals surface area (Å²) < 4.78 is 23.3. The molecule has 0 spiro atoms. The number of amidine groups is 1. The molecule has 0 radical (unpaired) electrons. The maximum Gasteiger partial charge on any atom is 0.234 e. The number of anilines is 1. The first-order chi connectivity index (χ1) is 11.3. The Morgan fingerprint density at radius 2 is 2.12 bits per heavy atom. The van der Waals surface area contributed by atoms with Gasteiger partial charge in [-0.1, -0.05) is 23.9 Å². The molecule has 2 aliphatic heterocycles. The summed E-state index contributed by atoms with van der Waals surface area (Å²) in [4.78, 5) is 18.6. The van der Waals surface area contributed by atoms with Crippen molar-refractivity contribution in [2.24, 2.45) is 4.99 Å². The molecule has 3 rings (SSSR count). The SMILES string of the molecule is Cc1cccc(NC(=O)CSC2=NC3CS(=O)(=O)CC3N2C)c1C. The van der Waals surface area contributed by atoms with Gasteiger partial charge < -0.3 is 10.2 Å². The highest BCUT2D eigenvalue weighted by atomic mass is 32.2. The van der Waals surface area contributed by atoms with Crippen molar-refractivity contribution >= 4 is 38.4 Å². The third-order valence-corrected chi connectivity index (χ3v) is 7.34. The van der Waals surface area contributed by atoms with E-state index < -0.39 is 9.84 Å². The van der Waals surface area contributed by atoms with Crippen LogP contribution in [0.3, 0.4) is 0 Å². The van der Waals surface area contributed by atoms with E-state index in [1.54, 1.807) is 0 Å². The lowest BCUT2D eigenvalue weighted by Gasteiger charge is -2.20. The highest BCUT2D eigenvalue weighted by Crippen LogP contribution is 2.29. The number of amides is 1. The zero-order valence-corrected chi connectivity index (χ0v) is 15.6. The van der Waals surface area contributed by atoms with Crippen molar-refractivity contribution in [2.45, 2.75) is 25.9 Å². The zero-order valence-electron chi connectivity index (χ0n) is 13.9. The Morgan fingerprint density at radius 1 is 1.38 bits per heavy atom. The van der Waals surface area contributed by atoms with Gasteiger partial charge in [0.15, 0.2) is 15.0 Å². The number of fused-ring (bicyclic) bond motifs is 1. The van der Waals surface area contributed by atoms with Crippen LogP contribution in [0.25, 0.3) is 0 Å². The molecule has 1 aromatic carbocycles. The molecule has 0 bridgehead atoms. The van der Waals surface area contributed by atoms with Crippen LogP contribution in [0.2, 0.25) is 0 Å². The average molecular weight is 367 g/mol. The third kappa shape index (κ3) is 3.44. The molecule has 1 amide bonds. The van der Waals surface area contributed by atoms with Crippen molar-refractivity contribution in [3.8, 4) is 0 Å². The molecule has 130 valence electrons. The minimum absolute atomic E-state index is 0.0837. The second-order valence-electron chi connectivity index (χ2n) is 6.32. The van der Waals surface area contributed by atoms with Crippen molar-refractivity contribution < 1.29 is 13.2 Å². The van der Waals surface area contributed by atoms with Crippen LogP contribution in [0.15, 0.2) is 23.2 Å². The summed E-state index contributed by atoms with van der Waals surface area (Å²) in [6.07, 6.45) is 0. The van der Waals surface area contributed by atoms with Crippen molar-refractivity contribution in [1.82, 2.24) is 4.90 Å². The molecule has 2 unspecified atom stereocenters. The normalized spacial score (nSPS) is 24.6. The van der Waals surface area contributed by atoms with Crippen LogP contribution in [0, 0.1) is 13.8 Å². The second kappa shape index (κ2) is 6.40. The number of sulfone groups is 1. The lowest BCUT2D eigenvalue weighted by Crippen LogP contribution is -2.35. The molecule has 8 heteroatoms. The summed E-state index contributed by atoms with van der Waals surface area (Å²) in [6, 6.07) is 5.54. The van der Waals surface area contributed by atoms with Crippen molar-refractivity contribution in [3.63, 3.8) is 0 Å². The van der Waals surface area contributed by atoms with Gasteiger partial charge in [-0.2, -0.15) is 0 Å². The number of benzene rings is 1. The second-order valence-corrected chi connectivity index (χ2v) is 9.41. The summed E-state index contributed by atoms with van der Waals surface area (Å²) in [5.74, 6) is 0.425. The number of aryl methyl sites for hydroxylation is 1. The number of rotatable bonds is 3. The van der Waals surface area contributed by atoms with Crippen LogP contribution in [-0.4, -0.2) is 60.8 Å². The largest absolute Gasteiger partial charge is 0.348 e. The highest BCUT2D eigenvalue weighted by molar-refractivity contribution is 8.14. The number of nitrogens with one attached hydrogen (secondary N) is 1. The van der Waals surface area contributed by atoms with E-state index in [9.17, 15) is 13.2 Å². The summed E-state index contributed by atoms with van der Waals surface area (Å²) in [6.45, 7) is 3.99. The van der Waals surface area contributed by atoms with Gasteiger partial charge in [-0.05, 0) is 31.0 Å².